The average molecular weight is 248 g/mol. The third-order valence-electron chi connectivity index (χ3n) is 3.55. The first-order valence-electron chi connectivity index (χ1n) is 6.06. The topological polar surface area (TPSA) is 38.3 Å². The molecule has 1 aliphatic rings. The van der Waals surface area contributed by atoms with Gasteiger partial charge in [0, 0.05) is 19.1 Å². The van der Waals surface area contributed by atoms with Gasteiger partial charge in [-0.2, -0.15) is 0 Å². The molecule has 16 heavy (non-hydrogen) atoms. The van der Waals surface area contributed by atoms with Crippen LogP contribution in [0.2, 0.25) is 0 Å². The zero-order chi connectivity index (χ0) is 12.0. The van der Waals surface area contributed by atoms with Gasteiger partial charge in [0.25, 0.3) is 0 Å². The van der Waals surface area contributed by atoms with E-state index in [1.165, 1.54) is 12.8 Å². The summed E-state index contributed by atoms with van der Waals surface area (Å²) in [5.74, 6) is 0.175. The Kier molecular flexibility index (Phi) is 5.56. The van der Waals surface area contributed by atoms with Crippen molar-refractivity contribution in [3.05, 3.63) is 0 Å². The predicted octanol–water partition coefficient (Wildman–Crippen LogP) is 2.33. The maximum absolute atomic E-state index is 12.1. The van der Waals surface area contributed by atoms with Crippen molar-refractivity contribution in [1.29, 1.82) is 0 Å². The fraction of sp³-hybridized carbons (Fsp3) is 0.917. The lowest BCUT2D eigenvalue weighted by molar-refractivity contribution is -0.131. The zero-order valence-electron chi connectivity index (χ0n) is 10.2. The molecule has 0 aromatic heterocycles. The Morgan fingerprint density at radius 2 is 2.12 bits per heavy atom. The van der Waals surface area contributed by atoms with Crippen LogP contribution in [0.25, 0.3) is 0 Å². The van der Waals surface area contributed by atoms with Gasteiger partial charge >= 0.3 is 0 Å². The highest BCUT2D eigenvalue weighted by Crippen LogP contribution is 2.41. The molecule has 0 bridgehead atoms. The molecule has 0 aromatic rings. The Balaban J connectivity index is 2.38. The highest BCUT2D eigenvalue weighted by molar-refractivity contribution is 6.21. The van der Waals surface area contributed by atoms with Gasteiger partial charge in [0.1, 0.15) is 0 Å². The van der Waals surface area contributed by atoms with Gasteiger partial charge in [-0.05, 0) is 19.3 Å². The molecule has 1 aliphatic carbocycles. The molecular weight excluding hydrogens is 226 g/mol. The maximum atomic E-state index is 12.1. The molecule has 0 saturated heterocycles. The predicted molar refractivity (Wildman–Crippen MR) is 65.7 cm³/mol. The van der Waals surface area contributed by atoms with Gasteiger partial charge in [0.15, 0.2) is 0 Å². The van der Waals surface area contributed by atoms with E-state index in [-0.39, 0.29) is 16.7 Å². The number of methoxy groups -OCH3 is 1. The molecule has 0 spiro atoms. The maximum Gasteiger partial charge on any atom is 0.226 e. The summed E-state index contributed by atoms with van der Waals surface area (Å²) in [4.78, 5) is 12.1. The lowest BCUT2D eigenvalue weighted by Gasteiger charge is -2.26. The molecule has 1 atom stereocenters. The van der Waals surface area contributed by atoms with Crippen LogP contribution in [0.3, 0.4) is 0 Å². The van der Waals surface area contributed by atoms with Crippen LogP contribution in [-0.4, -0.2) is 31.5 Å². The molecule has 1 N–H and O–H groups in total. The van der Waals surface area contributed by atoms with E-state index in [0.29, 0.717) is 13.2 Å². The number of alkyl halides is 1. The van der Waals surface area contributed by atoms with Crippen LogP contribution in [-0.2, 0) is 9.53 Å². The van der Waals surface area contributed by atoms with Crippen LogP contribution in [0.4, 0.5) is 0 Å². The highest BCUT2D eigenvalue weighted by atomic mass is 35.5. The van der Waals surface area contributed by atoms with Gasteiger partial charge in [-0.25, -0.2) is 0 Å². The van der Waals surface area contributed by atoms with E-state index in [1.807, 2.05) is 0 Å². The van der Waals surface area contributed by atoms with Gasteiger partial charge in [-0.3, -0.25) is 4.79 Å². The Labute approximate surface area is 103 Å². The van der Waals surface area contributed by atoms with Crippen molar-refractivity contribution >= 4 is 17.5 Å². The number of hydrogen-bond acceptors (Lipinski definition) is 2. The summed E-state index contributed by atoms with van der Waals surface area (Å²) < 4.78 is 4.93. The number of carbonyl (C=O) groups excluding carboxylic acids is 1. The molecule has 1 unspecified atom stereocenters. The quantitative estimate of drug-likeness (QED) is 0.732. The van der Waals surface area contributed by atoms with E-state index in [4.69, 9.17) is 16.3 Å². The van der Waals surface area contributed by atoms with Crippen LogP contribution in [0.15, 0.2) is 0 Å². The number of ether oxygens (including phenoxy) is 1. The van der Waals surface area contributed by atoms with E-state index >= 15 is 0 Å². The number of carbonyl (C=O) groups is 1. The summed E-state index contributed by atoms with van der Waals surface area (Å²) in [6.07, 6.45) is 5.31. The molecule has 94 valence electrons. The Bertz CT molecular complexity index is 227. The second kappa shape index (κ2) is 6.45. The molecule has 0 aliphatic heterocycles. The van der Waals surface area contributed by atoms with Crippen LogP contribution in [0, 0.1) is 5.41 Å². The van der Waals surface area contributed by atoms with Crippen molar-refractivity contribution in [1.82, 2.24) is 5.32 Å². The third-order valence-corrected chi connectivity index (χ3v) is 3.83. The smallest absolute Gasteiger partial charge is 0.226 e. The second-order valence-electron chi connectivity index (χ2n) is 4.60. The molecule has 1 amide bonds. The van der Waals surface area contributed by atoms with E-state index in [0.717, 1.165) is 19.3 Å². The van der Waals surface area contributed by atoms with Gasteiger partial charge in [0.2, 0.25) is 5.91 Å². The van der Waals surface area contributed by atoms with Crippen molar-refractivity contribution in [3.63, 3.8) is 0 Å². The summed E-state index contributed by atoms with van der Waals surface area (Å²) >= 11 is 5.98. The molecule has 0 radical (unpaired) electrons. The fourth-order valence-corrected chi connectivity index (χ4v) is 2.63. The molecular formula is C12H22ClNO2. The van der Waals surface area contributed by atoms with Gasteiger partial charge in [0.05, 0.1) is 12.0 Å². The van der Waals surface area contributed by atoms with E-state index < -0.39 is 0 Å². The molecule has 1 rings (SSSR count). The van der Waals surface area contributed by atoms with Crippen molar-refractivity contribution in [2.24, 2.45) is 5.41 Å². The van der Waals surface area contributed by atoms with Crippen LogP contribution >= 0.6 is 11.6 Å². The summed E-state index contributed by atoms with van der Waals surface area (Å²) in [6.45, 7) is 3.06. The summed E-state index contributed by atoms with van der Waals surface area (Å²) in [6, 6.07) is 0. The minimum atomic E-state index is -0.135. The number of rotatable bonds is 6. The second-order valence-corrected chi connectivity index (χ2v) is 5.22. The summed E-state index contributed by atoms with van der Waals surface area (Å²) in [5, 5.41) is 2.82. The lowest BCUT2D eigenvalue weighted by Crippen LogP contribution is -2.41. The Morgan fingerprint density at radius 3 is 2.62 bits per heavy atom. The van der Waals surface area contributed by atoms with Crippen molar-refractivity contribution in [2.45, 2.75) is 44.4 Å². The highest BCUT2D eigenvalue weighted by Gasteiger charge is 2.39. The van der Waals surface area contributed by atoms with Crippen molar-refractivity contribution < 1.29 is 9.53 Å². The van der Waals surface area contributed by atoms with Crippen molar-refractivity contribution in [3.8, 4) is 0 Å². The van der Waals surface area contributed by atoms with E-state index in [9.17, 15) is 4.79 Å². The van der Waals surface area contributed by atoms with Crippen LogP contribution in [0.5, 0.6) is 0 Å². The Hall–Kier alpha value is -0.280. The average Bonchev–Trinajstić information content (AvgIpc) is 2.76. The lowest BCUT2D eigenvalue weighted by atomic mass is 9.82. The van der Waals surface area contributed by atoms with E-state index in [1.54, 1.807) is 7.11 Å². The minimum absolute atomic E-state index is 0.121. The first-order chi connectivity index (χ1) is 7.64. The number of nitrogens with one attached hydrogen (secondary N) is 1. The normalized spacial score (nSPS) is 20.7. The Morgan fingerprint density at radius 1 is 1.50 bits per heavy atom. The standard InChI is InChI=1S/C12H22ClNO2/c1-3-12(6-4-5-7-12)11(15)14-8-10(13)9-16-2/h10H,3-9H2,1-2H3,(H,14,15). The minimum Gasteiger partial charge on any atom is -0.383 e. The molecule has 3 nitrogen and oxygen atoms in total. The first-order valence-corrected chi connectivity index (χ1v) is 6.49. The molecule has 4 heteroatoms. The van der Waals surface area contributed by atoms with E-state index in [2.05, 4.69) is 12.2 Å². The SMILES string of the molecule is CCC1(C(=O)NCC(Cl)COC)CCCC1. The van der Waals surface area contributed by atoms with Crippen LogP contribution in [0.1, 0.15) is 39.0 Å². The van der Waals surface area contributed by atoms with Gasteiger partial charge < -0.3 is 10.1 Å². The van der Waals surface area contributed by atoms with Crippen molar-refractivity contribution in [2.75, 3.05) is 20.3 Å². The van der Waals surface area contributed by atoms with Gasteiger partial charge in [-0.15, -0.1) is 11.6 Å². The number of amides is 1. The monoisotopic (exact) mass is 247 g/mol. The molecule has 1 fully saturated rings. The largest absolute Gasteiger partial charge is 0.383 e. The first kappa shape index (κ1) is 13.8. The number of halogens is 1. The molecule has 0 aromatic carbocycles. The summed E-state index contributed by atoms with van der Waals surface area (Å²) in [5.41, 5.74) is -0.121. The fourth-order valence-electron chi connectivity index (χ4n) is 2.42. The third kappa shape index (κ3) is 3.36. The van der Waals surface area contributed by atoms with Gasteiger partial charge in [-0.1, -0.05) is 19.8 Å². The number of hydrogen-bond donors (Lipinski definition) is 1. The summed E-state index contributed by atoms with van der Waals surface area (Å²) in [7, 11) is 1.61. The molecule has 0 heterocycles. The van der Waals surface area contributed by atoms with Crippen LogP contribution < -0.4 is 5.32 Å². The zero-order valence-corrected chi connectivity index (χ0v) is 11.0. The molecule has 1 saturated carbocycles.